The van der Waals surface area contributed by atoms with Gasteiger partial charge in [0.15, 0.2) is 0 Å². The summed E-state index contributed by atoms with van der Waals surface area (Å²) in [6.07, 6.45) is -3.62. The Morgan fingerprint density at radius 1 is 1.09 bits per heavy atom. The van der Waals surface area contributed by atoms with Crippen molar-refractivity contribution in [1.82, 2.24) is 9.80 Å². The van der Waals surface area contributed by atoms with E-state index in [1.54, 1.807) is 4.90 Å². The van der Waals surface area contributed by atoms with Crippen LogP contribution in [0.15, 0.2) is 60.8 Å². The standard InChI is InChI=1S/C28H34Cl2F6N6O/c1-4-23-11-24(16-42(23)26(38-3)25(30)14-39-17-29)41(18-40-13-19(12-37-2)6-5-7-43)15-20-8-21(27(31,32)33)10-22(9-20)28(34,35)36/h8-10,12-14,23-24,43H,2-7,11,15-18H2,1H3/b19-12-,26-25-,39-14-,40-13-. The van der Waals surface area contributed by atoms with Gasteiger partial charge in [-0.2, -0.15) is 26.3 Å². The first-order valence-corrected chi connectivity index (χ1v) is 14.2. The molecule has 0 aromatic heterocycles. The summed E-state index contributed by atoms with van der Waals surface area (Å²) in [5.74, 6) is 0.332. The van der Waals surface area contributed by atoms with E-state index >= 15 is 0 Å². The van der Waals surface area contributed by atoms with Gasteiger partial charge in [-0.1, -0.05) is 18.5 Å². The zero-order valence-electron chi connectivity index (χ0n) is 23.6. The number of aliphatic hydroxyl groups excluding tert-OH is 1. The van der Waals surface area contributed by atoms with Crippen molar-refractivity contribution in [3.8, 4) is 0 Å². The van der Waals surface area contributed by atoms with Gasteiger partial charge in [0.1, 0.15) is 16.9 Å². The predicted molar refractivity (Wildman–Crippen MR) is 160 cm³/mol. The predicted octanol–water partition coefficient (Wildman–Crippen LogP) is 7.14. The Morgan fingerprint density at radius 2 is 1.74 bits per heavy atom. The van der Waals surface area contributed by atoms with Gasteiger partial charge in [-0.05, 0) is 68.5 Å². The van der Waals surface area contributed by atoms with Crippen molar-refractivity contribution in [3.63, 3.8) is 0 Å². The maximum atomic E-state index is 13.6. The summed E-state index contributed by atoms with van der Waals surface area (Å²) in [5.41, 5.74) is -2.30. The lowest BCUT2D eigenvalue weighted by Crippen LogP contribution is -2.37. The minimum absolute atomic E-state index is 0.0285. The summed E-state index contributed by atoms with van der Waals surface area (Å²) < 4.78 is 81.5. The number of benzene rings is 1. The van der Waals surface area contributed by atoms with Gasteiger partial charge in [0, 0.05) is 50.4 Å². The van der Waals surface area contributed by atoms with Crippen molar-refractivity contribution in [2.75, 3.05) is 25.8 Å². The number of aliphatic hydroxyl groups is 1. The van der Waals surface area contributed by atoms with Gasteiger partial charge in [-0.25, -0.2) is 4.99 Å². The first-order valence-electron chi connectivity index (χ1n) is 13.3. The molecule has 0 amide bonds. The van der Waals surface area contributed by atoms with Crippen molar-refractivity contribution in [2.24, 2.45) is 20.0 Å². The fraction of sp³-hybridized carbons (Fsp3) is 0.500. The van der Waals surface area contributed by atoms with E-state index < -0.39 is 23.5 Å². The molecule has 0 radical (unpaired) electrons. The van der Waals surface area contributed by atoms with E-state index in [0.717, 1.165) is 12.1 Å². The number of alkyl halides is 7. The molecule has 0 saturated carbocycles. The number of nitrogens with zero attached hydrogens (tertiary/aromatic N) is 6. The molecule has 238 valence electrons. The number of rotatable bonds is 15. The highest BCUT2D eigenvalue weighted by Gasteiger charge is 2.39. The number of hydrogen-bond donors (Lipinski definition) is 1. The van der Waals surface area contributed by atoms with Crippen LogP contribution in [-0.2, 0) is 18.9 Å². The van der Waals surface area contributed by atoms with E-state index in [2.05, 4.69) is 33.4 Å². The summed E-state index contributed by atoms with van der Waals surface area (Å²) in [6.45, 7) is 8.87. The van der Waals surface area contributed by atoms with Crippen LogP contribution >= 0.6 is 23.2 Å². The Hall–Kier alpha value is -2.74. The van der Waals surface area contributed by atoms with E-state index in [9.17, 15) is 26.3 Å². The molecule has 43 heavy (non-hydrogen) atoms. The van der Waals surface area contributed by atoms with Gasteiger partial charge in [-0.3, -0.25) is 19.9 Å². The molecule has 1 aliphatic rings. The second-order valence-corrected chi connectivity index (χ2v) is 10.3. The van der Waals surface area contributed by atoms with E-state index in [1.807, 2.05) is 11.8 Å². The average molecular weight is 656 g/mol. The smallest absolute Gasteiger partial charge is 0.396 e. The number of likely N-dealkylation sites (tertiary alicyclic amines) is 1. The summed E-state index contributed by atoms with van der Waals surface area (Å²) in [7, 11) is 0. The van der Waals surface area contributed by atoms with Crippen molar-refractivity contribution < 1.29 is 31.4 Å². The Labute approximate surface area is 257 Å². The van der Waals surface area contributed by atoms with Gasteiger partial charge in [0.05, 0.1) is 17.8 Å². The minimum Gasteiger partial charge on any atom is -0.396 e. The SMILES string of the molecule is C=N/C=C(\C=N/CN(Cc1cc(C(F)(F)F)cc(C(F)(F)F)c1)C1CC(CC)N(/C(N=C)=C(Cl)/C=N\CCl)C1)CCCO. The van der Waals surface area contributed by atoms with Crippen molar-refractivity contribution in [2.45, 2.75) is 63.6 Å². The van der Waals surface area contributed by atoms with Gasteiger partial charge in [0.25, 0.3) is 0 Å². The first kappa shape index (κ1) is 36.5. The maximum Gasteiger partial charge on any atom is 0.416 e. The van der Waals surface area contributed by atoms with Crippen LogP contribution in [0.5, 0.6) is 0 Å². The van der Waals surface area contributed by atoms with Crippen LogP contribution in [-0.4, -0.2) is 78.7 Å². The van der Waals surface area contributed by atoms with Crippen molar-refractivity contribution >= 4 is 49.1 Å². The number of allylic oxidation sites excluding steroid dienone is 2. The second-order valence-electron chi connectivity index (χ2n) is 9.69. The second kappa shape index (κ2) is 16.9. The maximum absolute atomic E-state index is 13.6. The lowest BCUT2D eigenvalue weighted by Gasteiger charge is -2.29. The van der Waals surface area contributed by atoms with Gasteiger partial charge < -0.3 is 10.0 Å². The third-order valence-electron chi connectivity index (χ3n) is 6.72. The highest BCUT2D eigenvalue weighted by atomic mass is 35.5. The van der Waals surface area contributed by atoms with Crippen molar-refractivity contribution in [3.05, 3.63) is 57.5 Å². The quantitative estimate of drug-likeness (QED) is 0.0945. The van der Waals surface area contributed by atoms with Gasteiger partial charge in [-0.15, -0.1) is 11.6 Å². The molecule has 7 nitrogen and oxygen atoms in total. The lowest BCUT2D eigenvalue weighted by atomic mass is 10.0. The third-order valence-corrected chi connectivity index (χ3v) is 7.13. The normalized spacial score (nSPS) is 19.1. The van der Waals surface area contributed by atoms with Gasteiger partial charge >= 0.3 is 12.4 Å². The lowest BCUT2D eigenvalue weighted by molar-refractivity contribution is -0.143. The van der Waals surface area contributed by atoms with Crippen LogP contribution in [0.2, 0.25) is 0 Å². The summed E-state index contributed by atoms with van der Waals surface area (Å²) >= 11 is 12.0. The largest absolute Gasteiger partial charge is 0.416 e. The monoisotopic (exact) mass is 654 g/mol. The fourth-order valence-corrected chi connectivity index (χ4v) is 5.05. The zero-order chi connectivity index (χ0) is 32.2. The first-order chi connectivity index (χ1) is 20.3. The van der Waals surface area contributed by atoms with Gasteiger partial charge in [0.2, 0.25) is 0 Å². The molecule has 15 heteroatoms. The third kappa shape index (κ3) is 11.0. The van der Waals surface area contributed by atoms with Crippen LogP contribution in [0.3, 0.4) is 0 Å². The molecule has 1 aromatic rings. The van der Waals surface area contributed by atoms with E-state index in [-0.39, 0.29) is 54.6 Å². The van der Waals surface area contributed by atoms with Crippen LogP contribution < -0.4 is 0 Å². The summed E-state index contributed by atoms with van der Waals surface area (Å²) in [6, 6.07) is 1.04. The van der Waals surface area contributed by atoms with E-state index in [1.165, 1.54) is 18.6 Å². The molecule has 2 rings (SSSR count). The molecule has 1 aromatic carbocycles. The Morgan fingerprint density at radius 3 is 2.26 bits per heavy atom. The number of hydrogen-bond acceptors (Lipinski definition) is 7. The molecule has 0 bridgehead atoms. The molecular weight excluding hydrogens is 621 g/mol. The fourth-order valence-electron chi connectivity index (χ4n) is 4.74. The minimum atomic E-state index is -4.97. The molecule has 0 spiro atoms. The van der Waals surface area contributed by atoms with Crippen LogP contribution in [0.1, 0.15) is 49.3 Å². The molecule has 1 saturated heterocycles. The van der Waals surface area contributed by atoms with E-state index in [0.29, 0.717) is 43.6 Å². The topological polar surface area (TPSA) is 76.2 Å². The Balaban J connectivity index is 2.54. The van der Waals surface area contributed by atoms with Crippen LogP contribution in [0.4, 0.5) is 26.3 Å². The number of halogens is 8. The van der Waals surface area contributed by atoms with Crippen LogP contribution in [0.25, 0.3) is 0 Å². The average Bonchev–Trinajstić information content (AvgIpc) is 3.37. The number of aliphatic imine (C=N–C) groups is 4. The summed E-state index contributed by atoms with van der Waals surface area (Å²) in [4.78, 5) is 19.7. The molecule has 1 N–H and O–H groups in total. The molecule has 2 atom stereocenters. The zero-order valence-corrected chi connectivity index (χ0v) is 25.1. The highest BCUT2D eigenvalue weighted by molar-refractivity contribution is 6.39. The van der Waals surface area contributed by atoms with Crippen molar-refractivity contribution in [1.29, 1.82) is 0 Å². The molecule has 1 aliphatic heterocycles. The highest BCUT2D eigenvalue weighted by Crippen LogP contribution is 2.37. The molecule has 1 fully saturated rings. The Kier molecular flexibility index (Phi) is 14.4. The molecule has 2 unspecified atom stereocenters. The molecular formula is C28H34Cl2F6N6O. The van der Waals surface area contributed by atoms with Crippen LogP contribution in [0, 0.1) is 0 Å². The Bertz CT molecular complexity index is 1180. The summed E-state index contributed by atoms with van der Waals surface area (Å²) in [5, 5.41) is 9.34. The van der Waals surface area contributed by atoms with E-state index in [4.69, 9.17) is 28.3 Å². The molecule has 0 aliphatic carbocycles. The molecule has 1 heterocycles.